The number of para-hydroxylation sites is 2. The maximum absolute atomic E-state index is 12.7. The van der Waals surface area contributed by atoms with E-state index in [1.54, 1.807) is 35.4 Å². The zero-order chi connectivity index (χ0) is 18.1. The molecule has 1 aliphatic heterocycles. The van der Waals surface area contributed by atoms with Gasteiger partial charge in [0.25, 0.3) is 5.91 Å². The molecule has 0 aliphatic carbocycles. The van der Waals surface area contributed by atoms with E-state index in [1.807, 2.05) is 24.3 Å². The van der Waals surface area contributed by atoms with Crippen LogP contribution < -0.4 is 5.32 Å². The van der Waals surface area contributed by atoms with Crippen LogP contribution >= 0.6 is 0 Å². The molecule has 2 amide bonds. The van der Waals surface area contributed by atoms with E-state index in [-0.39, 0.29) is 17.7 Å². The number of aromatic amines is 1. The molecule has 0 bridgehead atoms. The van der Waals surface area contributed by atoms with E-state index in [9.17, 15) is 9.59 Å². The van der Waals surface area contributed by atoms with E-state index in [0.717, 1.165) is 10.9 Å². The minimum atomic E-state index is -0.268. The van der Waals surface area contributed by atoms with Crippen molar-refractivity contribution in [1.29, 1.82) is 5.26 Å². The normalized spacial score (nSPS) is 13.9. The van der Waals surface area contributed by atoms with E-state index < -0.39 is 0 Å². The van der Waals surface area contributed by atoms with Gasteiger partial charge in [-0.15, -0.1) is 0 Å². The molecule has 6 nitrogen and oxygen atoms in total. The van der Waals surface area contributed by atoms with Crippen LogP contribution in [0.2, 0.25) is 0 Å². The maximum Gasteiger partial charge on any atom is 0.256 e. The number of benzene rings is 2. The predicted molar refractivity (Wildman–Crippen MR) is 97.5 cm³/mol. The lowest BCUT2D eigenvalue weighted by Crippen LogP contribution is -2.54. The van der Waals surface area contributed by atoms with Gasteiger partial charge in [0, 0.05) is 30.2 Å². The molecule has 3 aromatic rings. The number of aromatic nitrogens is 1. The summed E-state index contributed by atoms with van der Waals surface area (Å²) in [5.41, 5.74) is 2.46. The van der Waals surface area contributed by atoms with Crippen molar-refractivity contribution < 1.29 is 9.59 Å². The third kappa shape index (κ3) is 2.70. The number of carbonyl (C=O) groups excluding carboxylic acids is 2. The molecule has 26 heavy (non-hydrogen) atoms. The molecule has 0 radical (unpaired) electrons. The fourth-order valence-corrected chi connectivity index (χ4v) is 3.15. The highest BCUT2D eigenvalue weighted by atomic mass is 16.2. The van der Waals surface area contributed by atoms with Gasteiger partial charge < -0.3 is 15.2 Å². The zero-order valence-corrected chi connectivity index (χ0v) is 13.9. The average Bonchev–Trinajstić information content (AvgIpc) is 3.05. The molecule has 6 heteroatoms. The summed E-state index contributed by atoms with van der Waals surface area (Å²) in [6.07, 6.45) is 1.71. The number of amides is 2. The van der Waals surface area contributed by atoms with Crippen LogP contribution in [0.1, 0.15) is 15.9 Å². The molecule has 1 fully saturated rings. The van der Waals surface area contributed by atoms with E-state index in [2.05, 4.69) is 16.4 Å². The first-order valence-electron chi connectivity index (χ1n) is 8.33. The number of nitrogens with one attached hydrogen (secondary N) is 2. The number of nitriles is 1. The highest BCUT2D eigenvalue weighted by Crippen LogP contribution is 2.25. The predicted octanol–water partition coefficient (Wildman–Crippen LogP) is 2.75. The summed E-state index contributed by atoms with van der Waals surface area (Å²) in [6, 6.07) is 16.6. The Bertz CT molecular complexity index is 1040. The standard InChI is InChI=1S/C20H16N4O2/c21-9-13-5-1-3-7-17(13)23-19(25)14-11-24(12-14)20(26)16-10-22-18-8-4-2-6-15(16)18/h1-8,10,14,22H,11-12H2,(H,23,25). The van der Waals surface area contributed by atoms with E-state index in [0.29, 0.717) is 29.9 Å². The highest BCUT2D eigenvalue weighted by molar-refractivity contribution is 6.07. The molecule has 2 heterocycles. The Balaban J connectivity index is 1.41. The van der Waals surface area contributed by atoms with Crippen molar-refractivity contribution in [2.75, 3.05) is 18.4 Å². The summed E-state index contributed by atoms with van der Waals surface area (Å²) in [5.74, 6) is -0.518. The van der Waals surface area contributed by atoms with Crippen molar-refractivity contribution in [2.24, 2.45) is 5.92 Å². The van der Waals surface area contributed by atoms with Gasteiger partial charge in [-0.05, 0) is 18.2 Å². The minimum Gasteiger partial charge on any atom is -0.360 e. The fourth-order valence-electron chi connectivity index (χ4n) is 3.15. The number of hydrogen-bond donors (Lipinski definition) is 2. The zero-order valence-electron chi connectivity index (χ0n) is 13.9. The van der Waals surface area contributed by atoms with Crippen molar-refractivity contribution in [3.8, 4) is 6.07 Å². The maximum atomic E-state index is 12.7. The summed E-state index contributed by atoms with van der Waals surface area (Å²) in [7, 11) is 0. The van der Waals surface area contributed by atoms with Gasteiger partial charge in [-0.2, -0.15) is 5.26 Å². The molecule has 128 valence electrons. The van der Waals surface area contributed by atoms with Crippen molar-refractivity contribution in [1.82, 2.24) is 9.88 Å². The summed E-state index contributed by atoms with van der Waals surface area (Å²) >= 11 is 0. The monoisotopic (exact) mass is 344 g/mol. The Morgan fingerprint density at radius 1 is 1.12 bits per heavy atom. The molecule has 0 saturated carbocycles. The molecular weight excluding hydrogens is 328 g/mol. The van der Waals surface area contributed by atoms with Crippen molar-refractivity contribution in [3.05, 3.63) is 65.9 Å². The number of carbonyl (C=O) groups is 2. The van der Waals surface area contributed by atoms with Crippen LogP contribution in [0.5, 0.6) is 0 Å². The van der Waals surface area contributed by atoms with Gasteiger partial charge in [0.1, 0.15) is 6.07 Å². The van der Waals surface area contributed by atoms with E-state index in [4.69, 9.17) is 5.26 Å². The summed E-state index contributed by atoms with van der Waals surface area (Å²) in [6.45, 7) is 0.748. The molecule has 0 atom stereocenters. The molecule has 2 N–H and O–H groups in total. The summed E-state index contributed by atoms with van der Waals surface area (Å²) in [5, 5.41) is 12.8. The van der Waals surface area contributed by atoms with Crippen LogP contribution in [-0.2, 0) is 4.79 Å². The topological polar surface area (TPSA) is 89.0 Å². The highest BCUT2D eigenvalue weighted by Gasteiger charge is 2.36. The van der Waals surface area contributed by atoms with Crippen LogP contribution in [0, 0.1) is 17.2 Å². The van der Waals surface area contributed by atoms with Crippen molar-refractivity contribution in [3.63, 3.8) is 0 Å². The number of fused-ring (bicyclic) bond motifs is 1. The largest absolute Gasteiger partial charge is 0.360 e. The quantitative estimate of drug-likeness (QED) is 0.765. The average molecular weight is 344 g/mol. The third-order valence-electron chi connectivity index (χ3n) is 4.66. The number of nitrogens with zero attached hydrogens (tertiary/aromatic N) is 2. The van der Waals surface area contributed by atoms with Gasteiger partial charge in [0.05, 0.1) is 22.7 Å². The molecule has 1 aromatic heterocycles. The lowest BCUT2D eigenvalue weighted by Gasteiger charge is -2.38. The van der Waals surface area contributed by atoms with E-state index in [1.165, 1.54) is 0 Å². The first-order chi connectivity index (χ1) is 12.7. The van der Waals surface area contributed by atoms with Crippen LogP contribution in [0.3, 0.4) is 0 Å². The second-order valence-corrected chi connectivity index (χ2v) is 6.30. The first kappa shape index (κ1) is 15.9. The molecule has 2 aromatic carbocycles. The van der Waals surface area contributed by atoms with Crippen molar-refractivity contribution >= 4 is 28.4 Å². The van der Waals surface area contributed by atoms with Gasteiger partial charge in [0.15, 0.2) is 0 Å². The molecular formula is C20H16N4O2. The number of hydrogen-bond acceptors (Lipinski definition) is 3. The van der Waals surface area contributed by atoms with Crippen molar-refractivity contribution in [2.45, 2.75) is 0 Å². The third-order valence-corrected chi connectivity index (χ3v) is 4.66. The second kappa shape index (κ2) is 6.37. The Kier molecular flexibility index (Phi) is 3.90. The van der Waals surface area contributed by atoms with E-state index >= 15 is 0 Å². The van der Waals surface area contributed by atoms with Crippen LogP contribution in [0.25, 0.3) is 10.9 Å². The minimum absolute atomic E-state index is 0.0797. The smallest absolute Gasteiger partial charge is 0.256 e. The molecule has 1 saturated heterocycles. The molecule has 0 spiro atoms. The second-order valence-electron chi connectivity index (χ2n) is 6.30. The fraction of sp³-hybridized carbons (Fsp3) is 0.150. The number of H-pyrrole nitrogens is 1. The van der Waals surface area contributed by atoms with Gasteiger partial charge in [0.2, 0.25) is 5.91 Å². The molecule has 1 aliphatic rings. The molecule has 4 rings (SSSR count). The number of likely N-dealkylation sites (tertiary alicyclic amines) is 1. The van der Waals surface area contributed by atoms with Gasteiger partial charge in [-0.1, -0.05) is 30.3 Å². The number of anilines is 1. The Labute approximate surface area is 150 Å². The Hall–Kier alpha value is -3.59. The Morgan fingerprint density at radius 2 is 1.85 bits per heavy atom. The van der Waals surface area contributed by atoms with Gasteiger partial charge in [-0.3, -0.25) is 9.59 Å². The lowest BCUT2D eigenvalue weighted by atomic mass is 9.97. The van der Waals surface area contributed by atoms with Gasteiger partial charge >= 0.3 is 0 Å². The lowest BCUT2D eigenvalue weighted by molar-refractivity contribution is -0.123. The van der Waals surface area contributed by atoms with Crippen LogP contribution in [0.15, 0.2) is 54.7 Å². The SMILES string of the molecule is N#Cc1ccccc1NC(=O)C1CN(C(=O)c2c[nH]c3ccccc23)C1. The number of rotatable bonds is 3. The molecule has 0 unspecified atom stereocenters. The van der Waals surface area contributed by atoms with Crippen LogP contribution in [0.4, 0.5) is 5.69 Å². The van der Waals surface area contributed by atoms with Crippen LogP contribution in [-0.4, -0.2) is 34.8 Å². The van der Waals surface area contributed by atoms with Gasteiger partial charge in [-0.25, -0.2) is 0 Å². The Morgan fingerprint density at radius 3 is 2.65 bits per heavy atom. The first-order valence-corrected chi connectivity index (χ1v) is 8.33. The summed E-state index contributed by atoms with van der Waals surface area (Å²) in [4.78, 5) is 29.8. The summed E-state index contributed by atoms with van der Waals surface area (Å²) < 4.78 is 0.